The van der Waals surface area contributed by atoms with E-state index in [1.54, 1.807) is 18.2 Å². The molecule has 2 aromatic rings. The molecule has 1 aromatic carbocycles. The zero-order valence-corrected chi connectivity index (χ0v) is 17.8. The Morgan fingerprint density at radius 2 is 2.03 bits per heavy atom. The number of hydrogen-bond acceptors (Lipinski definition) is 8. The number of methoxy groups -OCH3 is 1. The van der Waals surface area contributed by atoms with E-state index in [4.69, 9.17) is 14.3 Å². The van der Waals surface area contributed by atoms with Gasteiger partial charge in [-0.2, -0.15) is 0 Å². The normalized spacial score (nSPS) is 15.0. The van der Waals surface area contributed by atoms with Gasteiger partial charge in [0.05, 0.1) is 18.6 Å². The summed E-state index contributed by atoms with van der Waals surface area (Å²) in [5.74, 6) is -1.91. The summed E-state index contributed by atoms with van der Waals surface area (Å²) in [5.41, 5.74) is 0.433. The maximum atomic E-state index is 12.7. The summed E-state index contributed by atoms with van der Waals surface area (Å²) >= 11 is 4.04. The number of esters is 1. The topological polar surface area (TPSA) is 123 Å². The number of carbonyl (C=O) groups is 4. The van der Waals surface area contributed by atoms with Crippen molar-refractivity contribution in [1.82, 2.24) is 4.90 Å². The predicted molar refractivity (Wildman–Crippen MR) is 109 cm³/mol. The van der Waals surface area contributed by atoms with Crippen LogP contribution in [0.3, 0.4) is 0 Å². The van der Waals surface area contributed by atoms with Gasteiger partial charge >= 0.3 is 11.9 Å². The summed E-state index contributed by atoms with van der Waals surface area (Å²) < 4.78 is 15.8. The van der Waals surface area contributed by atoms with E-state index < -0.39 is 29.7 Å². The van der Waals surface area contributed by atoms with E-state index in [0.717, 1.165) is 16.7 Å². The molecule has 0 aliphatic carbocycles. The van der Waals surface area contributed by atoms with Crippen LogP contribution < -0.4 is 4.74 Å². The first kappa shape index (κ1) is 21.7. The quantitative estimate of drug-likeness (QED) is 0.453. The second kappa shape index (κ2) is 9.18. The van der Waals surface area contributed by atoms with Gasteiger partial charge in [0.15, 0.2) is 6.61 Å². The van der Waals surface area contributed by atoms with Gasteiger partial charge in [-0.1, -0.05) is 15.9 Å². The van der Waals surface area contributed by atoms with E-state index in [-0.39, 0.29) is 28.7 Å². The summed E-state index contributed by atoms with van der Waals surface area (Å²) in [4.78, 5) is 48.4. The van der Waals surface area contributed by atoms with Crippen molar-refractivity contribution < 1.29 is 38.2 Å². The average Bonchev–Trinajstić information content (AvgIpc) is 3.27. The summed E-state index contributed by atoms with van der Waals surface area (Å²) in [7, 11) is 1.21. The Morgan fingerprint density at radius 3 is 2.73 bits per heavy atom. The van der Waals surface area contributed by atoms with Gasteiger partial charge in [-0.3, -0.25) is 14.5 Å². The zero-order chi connectivity index (χ0) is 21.8. The van der Waals surface area contributed by atoms with Crippen LogP contribution in [0, 0.1) is 0 Å². The third kappa shape index (κ3) is 4.92. The molecule has 1 aliphatic heterocycles. The Labute approximate surface area is 182 Å². The number of amides is 2. The maximum Gasteiger partial charge on any atom is 0.373 e. The largest absolute Gasteiger partial charge is 0.481 e. The van der Waals surface area contributed by atoms with Crippen molar-refractivity contribution in [3.8, 4) is 5.75 Å². The molecule has 1 fully saturated rings. The van der Waals surface area contributed by atoms with Crippen molar-refractivity contribution in [1.29, 1.82) is 0 Å². The SMILES string of the molecule is COC(=O)c1ccc(CN2C(=O)S/C(=C/c3cc(Br)ccc3OCC(=O)O)C2=O)o1. The molecule has 1 N–H and O–H groups in total. The number of thioether (sulfide) groups is 1. The van der Waals surface area contributed by atoms with Crippen molar-refractivity contribution in [3.05, 3.63) is 56.8 Å². The third-order valence-corrected chi connectivity index (χ3v) is 5.25. The van der Waals surface area contributed by atoms with Crippen molar-refractivity contribution >= 4 is 56.9 Å². The standard InChI is InChI=1S/C19H14BrNO8S/c1-27-18(25)14-5-3-12(29-14)8-21-17(24)15(30-19(21)26)7-10-6-11(20)2-4-13(10)28-9-16(22)23/h2-7H,8-9H2,1H3,(H,22,23)/b15-7+. The number of rotatable bonds is 7. The lowest BCUT2D eigenvalue weighted by atomic mass is 10.2. The zero-order valence-electron chi connectivity index (χ0n) is 15.4. The lowest BCUT2D eigenvalue weighted by Gasteiger charge is -2.10. The van der Waals surface area contributed by atoms with E-state index in [1.165, 1.54) is 25.3 Å². The van der Waals surface area contributed by atoms with Gasteiger partial charge in [0.2, 0.25) is 5.76 Å². The van der Waals surface area contributed by atoms with Gasteiger partial charge in [0, 0.05) is 10.0 Å². The second-order valence-electron chi connectivity index (χ2n) is 5.89. The number of furan rings is 1. The number of imide groups is 1. The van der Waals surface area contributed by atoms with Crippen molar-refractivity contribution in [2.45, 2.75) is 6.54 Å². The van der Waals surface area contributed by atoms with Crippen LogP contribution in [-0.4, -0.2) is 46.8 Å². The molecule has 30 heavy (non-hydrogen) atoms. The molecular formula is C19H14BrNO8S. The number of carboxylic acid groups (broad SMARTS) is 1. The molecule has 0 spiro atoms. The molecule has 1 aliphatic rings. The number of benzene rings is 1. The van der Waals surface area contributed by atoms with Crippen LogP contribution in [0.5, 0.6) is 5.75 Å². The lowest BCUT2D eigenvalue weighted by molar-refractivity contribution is -0.139. The molecular weight excluding hydrogens is 482 g/mol. The fourth-order valence-corrected chi connectivity index (χ4v) is 3.72. The van der Waals surface area contributed by atoms with E-state index in [1.807, 2.05) is 0 Å². The van der Waals surface area contributed by atoms with E-state index >= 15 is 0 Å². The summed E-state index contributed by atoms with van der Waals surface area (Å²) in [6.07, 6.45) is 1.45. The van der Waals surface area contributed by atoms with Crippen molar-refractivity contribution in [3.63, 3.8) is 0 Å². The van der Waals surface area contributed by atoms with Gasteiger partial charge in [-0.15, -0.1) is 0 Å². The monoisotopic (exact) mass is 495 g/mol. The van der Waals surface area contributed by atoms with Crippen LogP contribution in [0.2, 0.25) is 0 Å². The molecule has 0 atom stereocenters. The van der Waals surface area contributed by atoms with E-state index in [0.29, 0.717) is 10.0 Å². The molecule has 0 saturated carbocycles. The van der Waals surface area contributed by atoms with Gasteiger partial charge in [-0.05, 0) is 48.2 Å². The van der Waals surface area contributed by atoms with E-state index in [2.05, 4.69) is 20.7 Å². The Bertz CT molecular complexity index is 1060. The first-order valence-corrected chi connectivity index (χ1v) is 9.96. The van der Waals surface area contributed by atoms with Crippen LogP contribution in [0.15, 0.2) is 44.1 Å². The molecule has 0 bridgehead atoms. The van der Waals surface area contributed by atoms with Crippen molar-refractivity contribution in [2.24, 2.45) is 0 Å². The smallest absolute Gasteiger partial charge is 0.373 e. The second-order valence-corrected chi connectivity index (χ2v) is 7.80. The first-order chi connectivity index (χ1) is 14.3. The highest BCUT2D eigenvalue weighted by molar-refractivity contribution is 9.10. The van der Waals surface area contributed by atoms with Crippen molar-refractivity contribution in [2.75, 3.05) is 13.7 Å². The molecule has 1 aromatic heterocycles. The predicted octanol–water partition coefficient (Wildman–Crippen LogP) is 3.53. The van der Waals surface area contributed by atoms with Gasteiger partial charge in [0.25, 0.3) is 11.1 Å². The molecule has 0 unspecified atom stereocenters. The molecule has 2 amide bonds. The molecule has 11 heteroatoms. The van der Waals surface area contributed by atoms with Crippen LogP contribution in [0.1, 0.15) is 21.9 Å². The number of aliphatic carboxylic acids is 1. The lowest BCUT2D eigenvalue weighted by Crippen LogP contribution is -2.27. The molecule has 3 rings (SSSR count). The molecule has 1 saturated heterocycles. The minimum absolute atomic E-state index is 0.0376. The van der Waals surface area contributed by atoms with Crippen LogP contribution >= 0.6 is 27.7 Å². The fraction of sp³-hybridized carbons (Fsp3) is 0.158. The maximum absolute atomic E-state index is 12.7. The molecule has 0 radical (unpaired) electrons. The Morgan fingerprint density at radius 1 is 1.27 bits per heavy atom. The highest BCUT2D eigenvalue weighted by Gasteiger charge is 2.36. The molecule has 2 heterocycles. The first-order valence-electron chi connectivity index (χ1n) is 8.35. The minimum atomic E-state index is -1.14. The third-order valence-electron chi connectivity index (χ3n) is 3.85. The van der Waals surface area contributed by atoms with Crippen LogP contribution in [0.25, 0.3) is 6.08 Å². The minimum Gasteiger partial charge on any atom is -0.481 e. The number of ether oxygens (including phenoxy) is 2. The highest BCUT2D eigenvalue weighted by atomic mass is 79.9. The van der Waals surface area contributed by atoms with Gasteiger partial charge in [0.1, 0.15) is 11.5 Å². The molecule has 9 nitrogen and oxygen atoms in total. The average molecular weight is 496 g/mol. The highest BCUT2D eigenvalue weighted by Crippen LogP contribution is 2.35. The Kier molecular flexibility index (Phi) is 6.63. The number of nitrogens with zero attached hydrogens (tertiary/aromatic N) is 1. The van der Waals surface area contributed by atoms with Crippen LogP contribution in [0.4, 0.5) is 4.79 Å². The summed E-state index contributed by atoms with van der Waals surface area (Å²) in [5, 5.41) is 8.30. The fourth-order valence-electron chi connectivity index (χ4n) is 2.51. The van der Waals surface area contributed by atoms with Gasteiger partial charge < -0.3 is 19.0 Å². The van der Waals surface area contributed by atoms with E-state index in [9.17, 15) is 19.2 Å². The van der Waals surface area contributed by atoms with Crippen LogP contribution in [-0.2, 0) is 20.9 Å². The summed E-state index contributed by atoms with van der Waals surface area (Å²) in [6, 6.07) is 7.73. The number of hydrogen-bond donors (Lipinski definition) is 1. The van der Waals surface area contributed by atoms with Gasteiger partial charge in [-0.25, -0.2) is 9.59 Å². The Balaban J connectivity index is 1.81. The Hall–Kier alpha value is -3.05. The number of halogens is 1. The molecule has 156 valence electrons. The number of carbonyl (C=O) groups excluding carboxylic acids is 3. The summed E-state index contributed by atoms with van der Waals surface area (Å²) in [6.45, 7) is -0.704. The number of carboxylic acids is 1.